The Kier molecular flexibility index (Phi) is 4.59. The molecule has 1 atom stereocenters. The lowest BCUT2D eigenvalue weighted by Crippen LogP contribution is -2.16. The predicted octanol–water partition coefficient (Wildman–Crippen LogP) is 3.87. The van der Waals surface area contributed by atoms with Crippen LogP contribution in [0.4, 0.5) is 0 Å². The van der Waals surface area contributed by atoms with Crippen LogP contribution >= 0.6 is 0 Å². The maximum absolute atomic E-state index is 5.56. The molecule has 0 saturated carbocycles. The van der Waals surface area contributed by atoms with E-state index in [1.807, 2.05) is 13.1 Å². The van der Waals surface area contributed by atoms with Gasteiger partial charge < -0.3 is 9.73 Å². The summed E-state index contributed by atoms with van der Waals surface area (Å²) in [5, 5.41) is 3.34. The highest BCUT2D eigenvalue weighted by Gasteiger charge is 2.14. The van der Waals surface area contributed by atoms with Gasteiger partial charge in [0.2, 0.25) is 0 Å². The standard InChI is InChI=1S/C16H21NO/c1-13-11-12-18-16(13)15(17-2)10-6-9-14-7-4-3-5-8-14/h3-5,7-8,11-12,15,17H,6,9-10H2,1-2H3. The van der Waals surface area contributed by atoms with E-state index in [0.717, 1.165) is 25.0 Å². The Morgan fingerprint density at radius 1 is 1.17 bits per heavy atom. The maximum atomic E-state index is 5.56. The van der Waals surface area contributed by atoms with Crippen LogP contribution < -0.4 is 5.32 Å². The van der Waals surface area contributed by atoms with Gasteiger partial charge in [0.1, 0.15) is 5.76 Å². The summed E-state index contributed by atoms with van der Waals surface area (Å²) in [5.74, 6) is 1.07. The van der Waals surface area contributed by atoms with Crippen LogP contribution in [0.25, 0.3) is 0 Å². The van der Waals surface area contributed by atoms with E-state index in [0.29, 0.717) is 6.04 Å². The third-order valence-corrected chi connectivity index (χ3v) is 3.37. The van der Waals surface area contributed by atoms with Crippen LogP contribution in [0, 0.1) is 6.92 Å². The fraction of sp³-hybridized carbons (Fsp3) is 0.375. The second-order valence-electron chi connectivity index (χ2n) is 4.69. The highest BCUT2D eigenvalue weighted by atomic mass is 16.3. The van der Waals surface area contributed by atoms with Gasteiger partial charge in [0.25, 0.3) is 0 Å². The number of nitrogens with one attached hydrogen (secondary N) is 1. The van der Waals surface area contributed by atoms with E-state index in [4.69, 9.17) is 4.42 Å². The molecule has 0 aliphatic rings. The zero-order valence-corrected chi connectivity index (χ0v) is 11.1. The molecule has 18 heavy (non-hydrogen) atoms. The van der Waals surface area contributed by atoms with Crippen LogP contribution in [-0.2, 0) is 6.42 Å². The Labute approximate surface area is 109 Å². The van der Waals surface area contributed by atoms with Gasteiger partial charge in [-0.3, -0.25) is 0 Å². The third-order valence-electron chi connectivity index (χ3n) is 3.37. The van der Waals surface area contributed by atoms with Crippen LogP contribution in [0.3, 0.4) is 0 Å². The van der Waals surface area contributed by atoms with E-state index in [1.54, 1.807) is 6.26 Å². The van der Waals surface area contributed by atoms with Crippen LogP contribution in [-0.4, -0.2) is 7.05 Å². The quantitative estimate of drug-likeness (QED) is 0.833. The monoisotopic (exact) mass is 243 g/mol. The lowest BCUT2D eigenvalue weighted by molar-refractivity contribution is 0.405. The van der Waals surface area contributed by atoms with Crippen LogP contribution in [0.15, 0.2) is 47.1 Å². The van der Waals surface area contributed by atoms with E-state index in [9.17, 15) is 0 Å². The van der Waals surface area contributed by atoms with Crippen molar-refractivity contribution in [3.8, 4) is 0 Å². The normalized spacial score (nSPS) is 12.6. The topological polar surface area (TPSA) is 25.2 Å². The first-order valence-electron chi connectivity index (χ1n) is 6.56. The van der Waals surface area contributed by atoms with E-state index in [1.165, 1.54) is 11.1 Å². The van der Waals surface area contributed by atoms with Gasteiger partial charge in [-0.2, -0.15) is 0 Å². The molecule has 0 aliphatic heterocycles. The van der Waals surface area contributed by atoms with Gasteiger partial charge in [0, 0.05) is 0 Å². The maximum Gasteiger partial charge on any atom is 0.123 e. The summed E-state index contributed by atoms with van der Waals surface area (Å²) in [7, 11) is 2.00. The average Bonchev–Trinajstić information content (AvgIpc) is 2.82. The smallest absolute Gasteiger partial charge is 0.123 e. The molecule has 2 heteroatoms. The first-order valence-corrected chi connectivity index (χ1v) is 6.56. The van der Waals surface area contributed by atoms with Gasteiger partial charge in [-0.25, -0.2) is 0 Å². The molecule has 0 radical (unpaired) electrons. The molecule has 0 fully saturated rings. The molecule has 0 saturated heterocycles. The fourth-order valence-electron chi connectivity index (χ4n) is 2.30. The first kappa shape index (κ1) is 12.9. The first-order chi connectivity index (χ1) is 8.81. The Bertz CT molecular complexity index is 461. The van der Waals surface area contributed by atoms with E-state index >= 15 is 0 Å². The summed E-state index contributed by atoms with van der Waals surface area (Å²) >= 11 is 0. The number of benzene rings is 1. The molecule has 2 rings (SSSR count). The molecule has 1 aromatic heterocycles. The molecule has 1 N–H and O–H groups in total. The predicted molar refractivity (Wildman–Crippen MR) is 74.6 cm³/mol. The fourth-order valence-corrected chi connectivity index (χ4v) is 2.30. The summed E-state index contributed by atoms with van der Waals surface area (Å²) in [4.78, 5) is 0. The van der Waals surface area contributed by atoms with Crippen LogP contribution in [0.5, 0.6) is 0 Å². The van der Waals surface area contributed by atoms with E-state index < -0.39 is 0 Å². The summed E-state index contributed by atoms with van der Waals surface area (Å²) in [6.07, 6.45) is 5.15. The van der Waals surface area contributed by atoms with Gasteiger partial charge in [0.05, 0.1) is 12.3 Å². The molecular weight excluding hydrogens is 222 g/mol. The molecule has 0 amide bonds. The Balaban J connectivity index is 1.87. The number of hydrogen-bond acceptors (Lipinski definition) is 2. The van der Waals surface area contributed by atoms with Crippen molar-refractivity contribution >= 4 is 0 Å². The third kappa shape index (κ3) is 3.23. The Morgan fingerprint density at radius 3 is 2.56 bits per heavy atom. The van der Waals surface area contributed by atoms with Gasteiger partial charge in [-0.05, 0) is 50.4 Å². The summed E-state index contributed by atoms with van der Waals surface area (Å²) in [6, 6.07) is 13.0. The molecule has 1 heterocycles. The van der Waals surface area contributed by atoms with Crippen molar-refractivity contribution in [1.82, 2.24) is 5.32 Å². The average molecular weight is 243 g/mol. The van der Waals surface area contributed by atoms with Crippen molar-refractivity contribution in [2.45, 2.75) is 32.2 Å². The Morgan fingerprint density at radius 2 is 1.94 bits per heavy atom. The second kappa shape index (κ2) is 6.41. The van der Waals surface area contributed by atoms with Gasteiger partial charge in [-0.15, -0.1) is 0 Å². The molecule has 96 valence electrons. The molecule has 1 aromatic carbocycles. The lowest BCUT2D eigenvalue weighted by Gasteiger charge is -2.14. The largest absolute Gasteiger partial charge is 0.467 e. The van der Waals surface area contributed by atoms with Crippen molar-refractivity contribution in [3.63, 3.8) is 0 Å². The summed E-state index contributed by atoms with van der Waals surface area (Å²) in [5.41, 5.74) is 2.64. The van der Waals surface area contributed by atoms with Crippen LogP contribution in [0.1, 0.15) is 35.8 Å². The van der Waals surface area contributed by atoms with Crippen molar-refractivity contribution in [2.75, 3.05) is 7.05 Å². The number of hydrogen-bond donors (Lipinski definition) is 1. The zero-order chi connectivity index (χ0) is 12.8. The minimum atomic E-state index is 0.323. The van der Waals surface area contributed by atoms with E-state index in [-0.39, 0.29) is 0 Å². The van der Waals surface area contributed by atoms with Crippen LogP contribution in [0.2, 0.25) is 0 Å². The van der Waals surface area contributed by atoms with Gasteiger partial charge in [0.15, 0.2) is 0 Å². The van der Waals surface area contributed by atoms with E-state index in [2.05, 4.69) is 42.6 Å². The summed E-state index contributed by atoms with van der Waals surface area (Å²) in [6.45, 7) is 2.10. The molecule has 1 unspecified atom stereocenters. The van der Waals surface area contributed by atoms with Gasteiger partial charge >= 0.3 is 0 Å². The van der Waals surface area contributed by atoms with Gasteiger partial charge in [-0.1, -0.05) is 30.3 Å². The zero-order valence-electron chi connectivity index (χ0n) is 11.1. The SMILES string of the molecule is CNC(CCCc1ccccc1)c1occc1C. The van der Waals surface area contributed by atoms with Crippen molar-refractivity contribution < 1.29 is 4.42 Å². The Hall–Kier alpha value is -1.54. The second-order valence-corrected chi connectivity index (χ2v) is 4.69. The number of rotatable bonds is 6. The minimum Gasteiger partial charge on any atom is -0.467 e. The molecule has 0 spiro atoms. The lowest BCUT2D eigenvalue weighted by atomic mass is 10.0. The number of furan rings is 1. The van der Waals surface area contributed by atoms with Crippen molar-refractivity contribution in [1.29, 1.82) is 0 Å². The summed E-state index contributed by atoms with van der Waals surface area (Å²) < 4.78 is 5.56. The molecule has 2 aromatic rings. The van der Waals surface area contributed by atoms with Crippen molar-refractivity contribution in [2.24, 2.45) is 0 Å². The molecule has 2 nitrogen and oxygen atoms in total. The minimum absolute atomic E-state index is 0.323. The van der Waals surface area contributed by atoms with Crippen molar-refractivity contribution in [3.05, 3.63) is 59.5 Å². The highest BCUT2D eigenvalue weighted by Crippen LogP contribution is 2.23. The highest BCUT2D eigenvalue weighted by molar-refractivity contribution is 5.18. The molecule has 0 bridgehead atoms. The number of aryl methyl sites for hydroxylation is 2. The molecular formula is C16H21NO. The molecule has 0 aliphatic carbocycles.